The Hall–Kier alpha value is -3.20. The van der Waals surface area contributed by atoms with Crippen LogP contribution in [-0.2, 0) is 39.2 Å². The first-order valence-corrected chi connectivity index (χ1v) is 13.7. The third-order valence-corrected chi connectivity index (χ3v) is 7.17. The van der Waals surface area contributed by atoms with Crippen molar-refractivity contribution >= 4 is 33.4 Å². The molecule has 3 rings (SSSR count). The number of nitrogens with one attached hydrogen (secondary N) is 1. The second kappa shape index (κ2) is 12.7. The number of hydrogen-bond donors (Lipinski definition) is 1. The van der Waals surface area contributed by atoms with Crippen molar-refractivity contribution in [2.75, 3.05) is 12.8 Å². The van der Waals surface area contributed by atoms with Crippen molar-refractivity contribution in [2.24, 2.45) is 0 Å². The van der Waals surface area contributed by atoms with Crippen LogP contribution < -0.4 is 5.32 Å². The van der Waals surface area contributed by atoms with Gasteiger partial charge in [-0.05, 0) is 35.7 Å². The van der Waals surface area contributed by atoms with Gasteiger partial charge in [-0.15, -0.1) is 0 Å². The van der Waals surface area contributed by atoms with E-state index in [9.17, 15) is 18.0 Å². The van der Waals surface area contributed by atoms with E-state index in [4.69, 9.17) is 11.6 Å². The zero-order valence-electron chi connectivity index (χ0n) is 20.3. The van der Waals surface area contributed by atoms with E-state index < -0.39 is 28.5 Å². The van der Waals surface area contributed by atoms with Crippen molar-refractivity contribution in [3.05, 3.63) is 107 Å². The number of halogens is 1. The van der Waals surface area contributed by atoms with Gasteiger partial charge in [0.25, 0.3) is 0 Å². The van der Waals surface area contributed by atoms with Crippen molar-refractivity contribution in [2.45, 2.75) is 32.6 Å². The zero-order chi connectivity index (χ0) is 26.1. The summed E-state index contributed by atoms with van der Waals surface area (Å²) in [5.41, 5.74) is 2.46. The molecule has 0 bridgehead atoms. The second-order valence-corrected chi connectivity index (χ2v) is 11.0. The van der Waals surface area contributed by atoms with Gasteiger partial charge in [0, 0.05) is 24.7 Å². The lowest BCUT2D eigenvalue weighted by atomic mass is 10.1. The highest BCUT2D eigenvalue weighted by atomic mass is 35.5. The van der Waals surface area contributed by atoms with Crippen LogP contribution in [0.2, 0.25) is 5.02 Å². The summed E-state index contributed by atoms with van der Waals surface area (Å²) < 4.78 is 26.1. The third kappa shape index (κ3) is 8.19. The molecule has 0 aliphatic carbocycles. The first kappa shape index (κ1) is 27.4. The highest BCUT2D eigenvalue weighted by Gasteiger charge is 2.29. The Bertz CT molecular complexity index is 1250. The van der Waals surface area contributed by atoms with Crippen LogP contribution in [0.1, 0.15) is 23.6 Å². The maximum Gasteiger partial charge on any atom is 0.242 e. The van der Waals surface area contributed by atoms with Gasteiger partial charge in [-0.1, -0.05) is 84.4 Å². The minimum atomic E-state index is -3.69. The van der Waals surface area contributed by atoms with Crippen LogP contribution in [0.5, 0.6) is 0 Å². The number of nitrogens with zero attached hydrogens (tertiary/aromatic N) is 2. The molecule has 7 nitrogen and oxygen atoms in total. The molecule has 0 heterocycles. The highest BCUT2D eigenvalue weighted by Crippen LogP contribution is 2.16. The first-order chi connectivity index (χ1) is 17.1. The third-order valence-electron chi connectivity index (χ3n) is 5.73. The molecule has 2 amide bonds. The van der Waals surface area contributed by atoms with Crippen molar-refractivity contribution < 1.29 is 18.0 Å². The molecular weight excluding hydrogens is 498 g/mol. The summed E-state index contributed by atoms with van der Waals surface area (Å²) in [5.74, 6) is -0.816. The Morgan fingerprint density at radius 1 is 0.833 bits per heavy atom. The molecule has 1 N–H and O–H groups in total. The second-order valence-electron chi connectivity index (χ2n) is 8.54. The number of hydrogen-bond acceptors (Lipinski definition) is 4. The smallest absolute Gasteiger partial charge is 0.242 e. The molecule has 0 fully saturated rings. The van der Waals surface area contributed by atoms with Gasteiger partial charge in [0.05, 0.1) is 12.8 Å². The molecule has 0 aliphatic heterocycles. The van der Waals surface area contributed by atoms with E-state index in [1.54, 1.807) is 43.3 Å². The number of rotatable bonds is 11. The van der Waals surface area contributed by atoms with Crippen molar-refractivity contribution in [1.29, 1.82) is 0 Å². The summed E-state index contributed by atoms with van der Waals surface area (Å²) in [7, 11) is -3.69. The number of amides is 2. The average Bonchev–Trinajstić information content (AvgIpc) is 2.86. The summed E-state index contributed by atoms with van der Waals surface area (Å²) in [5, 5.41) is 3.42. The lowest BCUT2D eigenvalue weighted by molar-refractivity contribution is -0.140. The predicted molar refractivity (Wildman–Crippen MR) is 141 cm³/mol. The molecule has 3 aromatic carbocycles. The Labute approximate surface area is 217 Å². The van der Waals surface area contributed by atoms with Crippen LogP contribution in [-0.4, -0.2) is 48.3 Å². The quantitative estimate of drug-likeness (QED) is 0.410. The molecule has 0 spiro atoms. The Morgan fingerprint density at radius 2 is 1.36 bits per heavy atom. The van der Waals surface area contributed by atoms with E-state index in [0.29, 0.717) is 11.6 Å². The molecular formula is C27H30ClN3O4S. The van der Waals surface area contributed by atoms with Crippen LogP contribution in [0.4, 0.5) is 0 Å². The minimum Gasteiger partial charge on any atom is -0.350 e. The molecule has 190 valence electrons. The maximum atomic E-state index is 13.5. The molecule has 0 aromatic heterocycles. The Morgan fingerprint density at radius 3 is 1.92 bits per heavy atom. The number of sulfonamides is 1. The fourth-order valence-corrected chi connectivity index (χ4v) is 4.48. The predicted octanol–water partition coefficient (Wildman–Crippen LogP) is 3.84. The molecule has 0 aliphatic rings. The summed E-state index contributed by atoms with van der Waals surface area (Å²) in [6.45, 7) is 1.73. The SMILES string of the molecule is C[C@@H](C(=O)NCc1ccccc1)N(Cc1ccc(Cl)cc1)C(=O)CN(Cc1ccccc1)S(C)(=O)=O. The monoisotopic (exact) mass is 527 g/mol. The fourth-order valence-electron chi connectivity index (χ4n) is 3.62. The van der Waals surface area contributed by atoms with Gasteiger partial charge in [0.15, 0.2) is 0 Å². The maximum absolute atomic E-state index is 13.5. The van der Waals surface area contributed by atoms with E-state index in [2.05, 4.69) is 5.32 Å². The minimum absolute atomic E-state index is 0.0504. The van der Waals surface area contributed by atoms with E-state index in [0.717, 1.165) is 27.3 Å². The molecule has 3 aromatic rings. The van der Waals surface area contributed by atoms with Crippen LogP contribution in [0.15, 0.2) is 84.9 Å². The van der Waals surface area contributed by atoms with Crippen molar-refractivity contribution in [3.63, 3.8) is 0 Å². The standard InChI is InChI=1S/C27H30ClN3O4S/c1-21(27(33)29-17-22-9-5-3-6-10-22)31(19-24-13-15-25(28)16-14-24)26(32)20-30(36(2,34)35)18-23-11-7-4-8-12-23/h3-16,21H,17-20H2,1-2H3,(H,29,33)/t21-/m0/s1. The van der Waals surface area contributed by atoms with Gasteiger partial charge in [0.1, 0.15) is 6.04 Å². The van der Waals surface area contributed by atoms with E-state index in [1.807, 2.05) is 48.5 Å². The van der Waals surface area contributed by atoms with Crippen LogP contribution in [0.3, 0.4) is 0 Å². The largest absolute Gasteiger partial charge is 0.350 e. The summed E-state index contributed by atoms with van der Waals surface area (Å²) in [6, 6.07) is 24.6. The van der Waals surface area contributed by atoms with Crippen LogP contribution in [0.25, 0.3) is 0 Å². The van der Waals surface area contributed by atoms with Gasteiger partial charge in [-0.3, -0.25) is 9.59 Å². The average molecular weight is 528 g/mol. The fraction of sp³-hybridized carbons (Fsp3) is 0.259. The van der Waals surface area contributed by atoms with Crippen molar-refractivity contribution in [1.82, 2.24) is 14.5 Å². The highest BCUT2D eigenvalue weighted by molar-refractivity contribution is 7.88. The lowest BCUT2D eigenvalue weighted by Gasteiger charge is -2.31. The van der Waals surface area contributed by atoms with E-state index in [1.165, 1.54) is 4.90 Å². The molecule has 0 saturated carbocycles. The molecule has 0 unspecified atom stereocenters. The van der Waals surface area contributed by atoms with Gasteiger partial charge < -0.3 is 10.2 Å². The van der Waals surface area contributed by atoms with Gasteiger partial charge >= 0.3 is 0 Å². The van der Waals surface area contributed by atoms with E-state index >= 15 is 0 Å². The molecule has 0 saturated heterocycles. The number of carbonyl (C=O) groups excluding carboxylic acids is 2. The van der Waals surface area contributed by atoms with Gasteiger partial charge in [-0.25, -0.2) is 8.42 Å². The topological polar surface area (TPSA) is 86.8 Å². The zero-order valence-corrected chi connectivity index (χ0v) is 21.9. The summed E-state index contributed by atoms with van der Waals surface area (Å²) >= 11 is 6.00. The Kier molecular flexibility index (Phi) is 9.64. The lowest BCUT2D eigenvalue weighted by Crippen LogP contribution is -2.50. The van der Waals surface area contributed by atoms with E-state index in [-0.39, 0.29) is 19.0 Å². The summed E-state index contributed by atoms with van der Waals surface area (Å²) in [6.07, 6.45) is 1.07. The molecule has 36 heavy (non-hydrogen) atoms. The summed E-state index contributed by atoms with van der Waals surface area (Å²) in [4.78, 5) is 27.9. The number of carbonyl (C=O) groups is 2. The molecule has 0 radical (unpaired) electrons. The van der Waals surface area contributed by atoms with Gasteiger partial charge in [-0.2, -0.15) is 4.31 Å². The number of benzene rings is 3. The first-order valence-electron chi connectivity index (χ1n) is 11.5. The van der Waals surface area contributed by atoms with Crippen LogP contribution >= 0.6 is 11.6 Å². The van der Waals surface area contributed by atoms with Crippen molar-refractivity contribution in [3.8, 4) is 0 Å². The molecule has 1 atom stereocenters. The van der Waals surface area contributed by atoms with Gasteiger partial charge in [0.2, 0.25) is 21.8 Å². The Balaban J connectivity index is 1.80. The normalized spacial score (nSPS) is 12.2. The van der Waals surface area contributed by atoms with Crippen LogP contribution in [0, 0.1) is 0 Å². The molecule has 9 heteroatoms.